The first-order valence-electron chi connectivity index (χ1n) is 9.76. The average Bonchev–Trinajstić information content (AvgIpc) is 3.11. The molecule has 2 aliphatic rings. The number of fused-ring (bicyclic) bond motifs is 1. The van der Waals surface area contributed by atoms with Gasteiger partial charge in [0.25, 0.3) is 0 Å². The van der Waals surface area contributed by atoms with Crippen LogP contribution in [0.5, 0.6) is 11.9 Å². The Morgan fingerprint density at radius 3 is 2.74 bits per heavy atom. The quantitative estimate of drug-likeness (QED) is 0.781. The molecule has 27 heavy (non-hydrogen) atoms. The number of hydrogen-bond donors (Lipinski definition) is 0. The molecule has 2 aromatic rings. The van der Waals surface area contributed by atoms with Gasteiger partial charge in [0.2, 0.25) is 5.88 Å². The van der Waals surface area contributed by atoms with Crippen LogP contribution in [0.25, 0.3) is 0 Å². The third-order valence-corrected chi connectivity index (χ3v) is 5.60. The number of likely N-dealkylation sites (N-methyl/N-ethyl adjacent to an activating group) is 1. The Bertz CT molecular complexity index is 768. The first-order valence-corrected chi connectivity index (χ1v) is 9.76. The van der Waals surface area contributed by atoms with Crippen LogP contribution in [0.2, 0.25) is 0 Å². The molecule has 1 fully saturated rings. The van der Waals surface area contributed by atoms with Gasteiger partial charge in [0.1, 0.15) is 6.61 Å². The predicted molar refractivity (Wildman–Crippen MR) is 104 cm³/mol. The number of hydrogen-bond acceptors (Lipinski definition) is 6. The normalized spacial score (nSPS) is 20.4. The summed E-state index contributed by atoms with van der Waals surface area (Å²) in [5.74, 6) is 0.661. The Morgan fingerprint density at radius 2 is 2.00 bits per heavy atom. The van der Waals surface area contributed by atoms with Crippen LogP contribution in [0.3, 0.4) is 0 Å². The van der Waals surface area contributed by atoms with Crippen LogP contribution in [0.1, 0.15) is 29.7 Å². The Kier molecular flexibility index (Phi) is 5.55. The largest absolute Gasteiger partial charge is 0.481 e. The first-order chi connectivity index (χ1) is 13.2. The van der Waals surface area contributed by atoms with Gasteiger partial charge in [0, 0.05) is 31.2 Å². The first kappa shape index (κ1) is 18.2. The van der Waals surface area contributed by atoms with E-state index in [1.807, 2.05) is 0 Å². The summed E-state index contributed by atoms with van der Waals surface area (Å²) in [6, 6.07) is 11.5. The van der Waals surface area contributed by atoms with Crippen LogP contribution in [-0.4, -0.2) is 59.7 Å². The molecule has 6 nitrogen and oxygen atoms in total. The zero-order valence-corrected chi connectivity index (χ0v) is 16.2. The number of likely N-dealkylation sites (tertiary alicyclic amines) is 1. The number of nitrogens with zero attached hydrogens (tertiary/aromatic N) is 4. The molecule has 0 N–H and O–H groups in total. The molecule has 4 rings (SSSR count). The number of ether oxygens (including phenoxy) is 2. The lowest BCUT2D eigenvalue weighted by Gasteiger charge is -2.29. The maximum absolute atomic E-state index is 5.96. The molecule has 0 amide bonds. The van der Waals surface area contributed by atoms with Crippen LogP contribution in [0.15, 0.2) is 30.3 Å². The molecule has 0 unspecified atom stereocenters. The van der Waals surface area contributed by atoms with Crippen molar-refractivity contribution in [3.8, 4) is 11.9 Å². The van der Waals surface area contributed by atoms with E-state index in [1.54, 1.807) is 7.11 Å². The molecule has 144 valence electrons. The standard InChI is InChI=1S/C21H28N4O2/c1-24-11-6-9-17(24)15-27-21-22-19-14-25(13-16-7-4-3-5-8-16)12-10-18(19)20(23-21)26-2/h3-5,7-8,17H,6,9-15H2,1-2H3/t17-/m0/s1. The van der Waals surface area contributed by atoms with E-state index in [2.05, 4.69) is 52.2 Å². The molecule has 1 aromatic carbocycles. The van der Waals surface area contributed by atoms with Crippen molar-refractivity contribution in [3.63, 3.8) is 0 Å². The molecular formula is C21H28N4O2. The summed E-state index contributed by atoms with van der Waals surface area (Å²) in [5, 5.41) is 0. The van der Waals surface area contributed by atoms with E-state index in [9.17, 15) is 0 Å². The van der Waals surface area contributed by atoms with E-state index in [-0.39, 0.29) is 0 Å². The molecular weight excluding hydrogens is 340 g/mol. The number of rotatable bonds is 6. The third-order valence-electron chi connectivity index (χ3n) is 5.60. The van der Waals surface area contributed by atoms with E-state index < -0.39 is 0 Å². The SMILES string of the molecule is COc1nc(OC[C@@H]2CCCN2C)nc2c1CCN(Cc1ccccc1)C2. The van der Waals surface area contributed by atoms with Crippen LogP contribution in [0, 0.1) is 0 Å². The summed E-state index contributed by atoms with van der Waals surface area (Å²) in [4.78, 5) is 14.0. The molecule has 0 saturated carbocycles. The maximum atomic E-state index is 5.96. The molecule has 1 saturated heterocycles. The zero-order chi connectivity index (χ0) is 18.6. The highest BCUT2D eigenvalue weighted by molar-refractivity contribution is 5.34. The van der Waals surface area contributed by atoms with Crippen molar-refractivity contribution in [1.82, 2.24) is 19.8 Å². The highest BCUT2D eigenvalue weighted by Crippen LogP contribution is 2.28. The van der Waals surface area contributed by atoms with Gasteiger partial charge in [-0.1, -0.05) is 30.3 Å². The summed E-state index contributed by atoms with van der Waals surface area (Å²) < 4.78 is 11.5. The van der Waals surface area contributed by atoms with E-state index in [4.69, 9.17) is 14.5 Å². The van der Waals surface area contributed by atoms with Crippen molar-refractivity contribution in [3.05, 3.63) is 47.2 Å². The van der Waals surface area contributed by atoms with Gasteiger partial charge in [0.15, 0.2) is 0 Å². The molecule has 0 radical (unpaired) electrons. The van der Waals surface area contributed by atoms with Crippen molar-refractivity contribution < 1.29 is 9.47 Å². The predicted octanol–water partition coefficient (Wildman–Crippen LogP) is 2.52. The Morgan fingerprint density at radius 1 is 1.15 bits per heavy atom. The van der Waals surface area contributed by atoms with Gasteiger partial charge in [-0.3, -0.25) is 4.90 Å². The van der Waals surface area contributed by atoms with Crippen LogP contribution >= 0.6 is 0 Å². The van der Waals surface area contributed by atoms with Gasteiger partial charge < -0.3 is 14.4 Å². The van der Waals surface area contributed by atoms with Gasteiger partial charge in [-0.15, -0.1) is 0 Å². The minimum atomic E-state index is 0.437. The van der Waals surface area contributed by atoms with Crippen LogP contribution < -0.4 is 9.47 Å². The van der Waals surface area contributed by atoms with Crippen molar-refractivity contribution in [2.75, 3.05) is 33.9 Å². The number of methoxy groups -OCH3 is 1. The molecule has 1 atom stereocenters. The Hall–Kier alpha value is -2.18. The number of benzene rings is 1. The second-order valence-electron chi connectivity index (χ2n) is 7.47. The monoisotopic (exact) mass is 368 g/mol. The molecule has 3 heterocycles. The fraction of sp³-hybridized carbons (Fsp3) is 0.524. The summed E-state index contributed by atoms with van der Waals surface area (Å²) in [7, 11) is 3.82. The van der Waals surface area contributed by atoms with Crippen molar-refractivity contribution in [2.45, 2.75) is 38.4 Å². The molecule has 0 aliphatic carbocycles. The van der Waals surface area contributed by atoms with E-state index in [0.29, 0.717) is 24.5 Å². The molecule has 6 heteroatoms. The maximum Gasteiger partial charge on any atom is 0.320 e. The second-order valence-corrected chi connectivity index (χ2v) is 7.47. The van der Waals surface area contributed by atoms with Crippen LogP contribution in [0.4, 0.5) is 0 Å². The smallest absolute Gasteiger partial charge is 0.320 e. The van der Waals surface area contributed by atoms with Gasteiger partial charge in [0.05, 0.1) is 12.8 Å². The van der Waals surface area contributed by atoms with Gasteiger partial charge in [-0.2, -0.15) is 9.97 Å². The third kappa shape index (κ3) is 4.22. The van der Waals surface area contributed by atoms with Crippen molar-refractivity contribution in [1.29, 1.82) is 0 Å². The van der Waals surface area contributed by atoms with Gasteiger partial charge in [-0.05, 0) is 38.4 Å². The Balaban J connectivity index is 1.47. The minimum Gasteiger partial charge on any atom is -0.481 e. The van der Waals surface area contributed by atoms with Crippen molar-refractivity contribution >= 4 is 0 Å². The summed E-state index contributed by atoms with van der Waals surface area (Å²) in [6.07, 6.45) is 3.30. The molecule has 2 aliphatic heterocycles. The second kappa shape index (κ2) is 8.23. The molecule has 0 bridgehead atoms. The average molecular weight is 368 g/mol. The molecule has 1 aromatic heterocycles. The minimum absolute atomic E-state index is 0.437. The lowest BCUT2D eigenvalue weighted by Crippen LogP contribution is -2.32. The van der Waals surface area contributed by atoms with Crippen LogP contribution in [-0.2, 0) is 19.5 Å². The van der Waals surface area contributed by atoms with E-state index in [1.165, 1.54) is 18.4 Å². The fourth-order valence-corrected chi connectivity index (χ4v) is 4.00. The van der Waals surface area contributed by atoms with Gasteiger partial charge >= 0.3 is 6.01 Å². The Labute approximate surface area is 161 Å². The lowest BCUT2D eigenvalue weighted by molar-refractivity contribution is 0.182. The van der Waals surface area contributed by atoms with Crippen molar-refractivity contribution in [2.24, 2.45) is 0 Å². The topological polar surface area (TPSA) is 50.7 Å². The highest BCUT2D eigenvalue weighted by Gasteiger charge is 2.25. The van der Waals surface area contributed by atoms with E-state index >= 15 is 0 Å². The molecule has 0 spiro atoms. The number of aromatic nitrogens is 2. The summed E-state index contributed by atoms with van der Waals surface area (Å²) in [6.45, 7) is 4.47. The summed E-state index contributed by atoms with van der Waals surface area (Å²) in [5.41, 5.74) is 3.47. The summed E-state index contributed by atoms with van der Waals surface area (Å²) >= 11 is 0. The zero-order valence-electron chi connectivity index (χ0n) is 16.2. The highest BCUT2D eigenvalue weighted by atomic mass is 16.5. The van der Waals surface area contributed by atoms with Gasteiger partial charge in [-0.25, -0.2) is 0 Å². The fourth-order valence-electron chi connectivity index (χ4n) is 4.00. The van der Waals surface area contributed by atoms with E-state index in [0.717, 1.165) is 43.9 Å². The lowest BCUT2D eigenvalue weighted by atomic mass is 10.1.